The summed E-state index contributed by atoms with van der Waals surface area (Å²) in [7, 11) is 1.76. The van der Waals surface area contributed by atoms with Crippen LogP contribution in [0.25, 0.3) is 0 Å². The largest absolute Gasteiger partial charge is 0.391 e. The minimum atomic E-state index is -0.347. The summed E-state index contributed by atoms with van der Waals surface area (Å²) >= 11 is 0. The highest BCUT2D eigenvalue weighted by Gasteiger charge is 2.45. The Kier molecular flexibility index (Phi) is 3.85. The highest BCUT2D eigenvalue weighted by atomic mass is 16.3. The molecule has 2 N–H and O–H groups in total. The Hall–Kier alpha value is -0.770. The molecule has 2 saturated carbocycles. The van der Waals surface area contributed by atoms with Crippen LogP contribution in [0.4, 0.5) is 4.79 Å². The average molecular weight is 254 g/mol. The number of hydrogen-bond donors (Lipinski definition) is 2. The number of hydrogen-bond acceptors (Lipinski definition) is 2. The van der Waals surface area contributed by atoms with Gasteiger partial charge in [-0.3, -0.25) is 0 Å². The van der Waals surface area contributed by atoms with Crippen LogP contribution in [0.2, 0.25) is 0 Å². The molecular formula is C14H26N2O2. The molecule has 0 aliphatic heterocycles. The molecule has 2 aliphatic rings. The van der Waals surface area contributed by atoms with E-state index in [1.54, 1.807) is 11.9 Å². The molecule has 2 rings (SSSR count). The van der Waals surface area contributed by atoms with Gasteiger partial charge in [0, 0.05) is 20.1 Å². The van der Waals surface area contributed by atoms with Crippen LogP contribution in [-0.4, -0.2) is 42.3 Å². The maximum Gasteiger partial charge on any atom is 0.317 e. The van der Waals surface area contributed by atoms with Crippen molar-refractivity contribution in [1.82, 2.24) is 10.2 Å². The molecule has 0 saturated heterocycles. The fourth-order valence-electron chi connectivity index (χ4n) is 2.50. The first-order valence-corrected chi connectivity index (χ1v) is 7.12. The molecule has 0 aromatic rings. The topological polar surface area (TPSA) is 52.6 Å². The zero-order chi connectivity index (χ0) is 13.3. The Morgan fingerprint density at radius 2 is 2.06 bits per heavy atom. The van der Waals surface area contributed by atoms with E-state index in [2.05, 4.69) is 19.2 Å². The van der Waals surface area contributed by atoms with Crippen LogP contribution >= 0.6 is 0 Å². The van der Waals surface area contributed by atoms with Gasteiger partial charge in [-0.15, -0.1) is 0 Å². The van der Waals surface area contributed by atoms with Gasteiger partial charge in [-0.25, -0.2) is 4.79 Å². The summed E-state index contributed by atoms with van der Waals surface area (Å²) in [6, 6.07) is -0.0541. The van der Waals surface area contributed by atoms with Gasteiger partial charge in [-0.05, 0) is 42.9 Å². The molecule has 0 spiro atoms. The number of aliphatic hydroxyl groups is 1. The van der Waals surface area contributed by atoms with Crippen molar-refractivity contribution in [3.8, 4) is 0 Å². The van der Waals surface area contributed by atoms with Crippen LogP contribution in [0.5, 0.6) is 0 Å². The minimum absolute atomic E-state index is 0.0541. The number of nitrogens with one attached hydrogen (secondary N) is 1. The fraction of sp³-hybridized carbons (Fsp3) is 0.929. The Labute approximate surface area is 110 Å². The minimum Gasteiger partial charge on any atom is -0.391 e. The second kappa shape index (κ2) is 5.08. The van der Waals surface area contributed by atoms with Gasteiger partial charge < -0.3 is 15.3 Å². The second-order valence-corrected chi connectivity index (χ2v) is 6.46. The molecule has 0 aromatic heterocycles. The van der Waals surface area contributed by atoms with Gasteiger partial charge in [0.25, 0.3) is 0 Å². The van der Waals surface area contributed by atoms with Crippen molar-refractivity contribution in [1.29, 1.82) is 0 Å². The monoisotopic (exact) mass is 254 g/mol. The van der Waals surface area contributed by atoms with Gasteiger partial charge in [0.2, 0.25) is 0 Å². The number of carbonyl (C=O) groups excluding carboxylic acids is 1. The summed E-state index contributed by atoms with van der Waals surface area (Å²) in [5.74, 6) is 1.05. The number of likely N-dealkylation sites (N-methyl/N-ethyl adjacent to an activating group) is 1. The van der Waals surface area contributed by atoms with Crippen molar-refractivity contribution < 1.29 is 9.90 Å². The zero-order valence-corrected chi connectivity index (χ0v) is 11.8. The third-order valence-electron chi connectivity index (χ3n) is 4.68. The maximum absolute atomic E-state index is 11.9. The maximum atomic E-state index is 11.9. The van der Waals surface area contributed by atoms with E-state index in [9.17, 15) is 9.90 Å². The molecule has 4 heteroatoms. The van der Waals surface area contributed by atoms with E-state index in [4.69, 9.17) is 0 Å². The number of nitrogens with zero attached hydrogens (tertiary/aromatic N) is 1. The summed E-state index contributed by atoms with van der Waals surface area (Å²) in [6.45, 7) is 5.66. The van der Waals surface area contributed by atoms with Crippen LogP contribution in [0, 0.1) is 17.3 Å². The SMILES string of the molecule is CC(C)C1(CNC(=O)N(C)CC(O)C2CC2)CC1. The van der Waals surface area contributed by atoms with Crippen molar-refractivity contribution in [3.05, 3.63) is 0 Å². The molecule has 2 fully saturated rings. The first-order chi connectivity index (χ1) is 8.44. The Morgan fingerprint density at radius 1 is 1.44 bits per heavy atom. The van der Waals surface area contributed by atoms with Crippen LogP contribution in [0.3, 0.4) is 0 Å². The smallest absolute Gasteiger partial charge is 0.317 e. The molecule has 0 bridgehead atoms. The second-order valence-electron chi connectivity index (χ2n) is 6.46. The third kappa shape index (κ3) is 3.16. The molecule has 1 unspecified atom stereocenters. The number of aliphatic hydroxyl groups excluding tert-OH is 1. The van der Waals surface area contributed by atoms with E-state index < -0.39 is 0 Å². The molecule has 18 heavy (non-hydrogen) atoms. The van der Waals surface area contributed by atoms with E-state index in [0.717, 1.165) is 19.4 Å². The van der Waals surface area contributed by atoms with Gasteiger partial charge in [0.1, 0.15) is 0 Å². The number of rotatable bonds is 6. The lowest BCUT2D eigenvalue weighted by Crippen LogP contribution is -2.44. The summed E-state index contributed by atoms with van der Waals surface area (Å²) in [6.07, 6.45) is 4.31. The molecular weight excluding hydrogens is 228 g/mol. The van der Waals surface area contributed by atoms with E-state index in [1.165, 1.54) is 12.8 Å². The highest BCUT2D eigenvalue weighted by molar-refractivity contribution is 5.74. The zero-order valence-electron chi connectivity index (χ0n) is 11.8. The third-order valence-corrected chi connectivity index (χ3v) is 4.68. The van der Waals surface area contributed by atoms with Crippen LogP contribution in [-0.2, 0) is 0 Å². The molecule has 0 heterocycles. The van der Waals surface area contributed by atoms with Gasteiger partial charge in [-0.1, -0.05) is 13.8 Å². The van der Waals surface area contributed by atoms with Crippen molar-refractivity contribution in [3.63, 3.8) is 0 Å². The van der Waals surface area contributed by atoms with E-state index in [1.807, 2.05) is 0 Å². The van der Waals surface area contributed by atoms with Gasteiger partial charge in [-0.2, -0.15) is 0 Å². The molecule has 0 radical (unpaired) electrons. The lowest BCUT2D eigenvalue weighted by Gasteiger charge is -2.24. The normalized spacial score (nSPS) is 22.7. The fourth-order valence-corrected chi connectivity index (χ4v) is 2.50. The Morgan fingerprint density at radius 3 is 2.50 bits per heavy atom. The predicted molar refractivity (Wildman–Crippen MR) is 71.3 cm³/mol. The summed E-state index contributed by atoms with van der Waals surface area (Å²) in [4.78, 5) is 13.5. The first kappa shape index (κ1) is 13.7. The van der Waals surface area contributed by atoms with Crippen molar-refractivity contribution in [2.24, 2.45) is 17.3 Å². The molecule has 2 aliphatic carbocycles. The number of carbonyl (C=O) groups is 1. The highest BCUT2D eigenvalue weighted by Crippen LogP contribution is 2.51. The first-order valence-electron chi connectivity index (χ1n) is 7.12. The van der Waals surface area contributed by atoms with Crippen LogP contribution in [0.15, 0.2) is 0 Å². The van der Waals surface area contributed by atoms with E-state index in [-0.39, 0.29) is 12.1 Å². The van der Waals surface area contributed by atoms with Gasteiger partial charge >= 0.3 is 6.03 Å². The molecule has 4 nitrogen and oxygen atoms in total. The summed E-state index contributed by atoms with van der Waals surface area (Å²) < 4.78 is 0. The molecule has 104 valence electrons. The molecule has 2 amide bonds. The predicted octanol–water partition coefficient (Wildman–Crippen LogP) is 1.83. The lowest BCUT2D eigenvalue weighted by molar-refractivity contribution is 0.112. The van der Waals surface area contributed by atoms with Crippen LogP contribution in [0.1, 0.15) is 39.5 Å². The van der Waals surface area contributed by atoms with Crippen molar-refractivity contribution in [2.45, 2.75) is 45.6 Å². The van der Waals surface area contributed by atoms with E-state index in [0.29, 0.717) is 23.8 Å². The summed E-state index contributed by atoms with van der Waals surface area (Å²) in [5, 5.41) is 12.8. The Balaban J connectivity index is 1.70. The average Bonchev–Trinajstić information content (AvgIpc) is 3.17. The van der Waals surface area contributed by atoms with Crippen LogP contribution < -0.4 is 5.32 Å². The number of amides is 2. The quantitative estimate of drug-likeness (QED) is 0.760. The molecule has 1 atom stereocenters. The van der Waals surface area contributed by atoms with Crippen molar-refractivity contribution >= 4 is 6.03 Å². The number of urea groups is 1. The van der Waals surface area contributed by atoms with Gasteiger partial charge in [0.15, 0.2) is 0 Å². The lowest BCUT2D eigenvalue weighted by atomic mass is 9.92. The molecule has 0 aromatic carbocycles. The van der Waals surface area contributed by atoms with Crippen molar-refractivity contribution in [2.75, 3.05) is 20.1 Å². The standard InChI is InChI=1S/C14H26N2O2/c1-10(2)14(6-7-14)9-15-13(18)16(3)8-12(17)11-4-5-11/h10-12,17H,4-9H2,1-3H3,(H,15,18). The van der Waals surface area contributed by atoms with E-state index >= 15 is 0 Å². The summed E-state index contributed by atoms with van der Waals surface area (Å²) in [5.41, 5.74) is 0.339. The van der Waals surface area contributed by atoms with Gasteiger partial charge in [0.05, 0.1) is 6.10 Å². The Bertz CT molecular complexity index is 309.